The van der Waals surface area contributed by atoms with Crippen molar-refractivity contribution in [2.45, 2.75) is 26.1 Å². The van der Waals surface area contributed by atoms with E-state index in [1.807, 2.05) is 0 Å². The average molecular weight is 261 g/mol. The van der Waals surface area contributed by atoms with E-state index in [2.05, 4.69) is 23.7 Å². The molecular formula is C11H14Cl2N2O. The van der Waals surface area contributed by atoms with Gasteiger partial charge in [-0.15, -0.1) is 0 Å². The van der Waals surface area contributed by atoms with Gasteiger partial charge in [-0.05, 0) is 13.8 Å². The van der Waals surface area contributed by atoms with Gasteiger partial charge in [-0.2, -0.15) is 0 Å². The van der Waals surface area contributed by atoms with Gasteiger partial charge in [-0.1, -0.05) is 23.2 Å². The summed E-state index contributed by atoms with van der Waals surface area (Å²) in [7, 11) is 0. The van der Waals surface area contributed by atoms with Crippen molar-refractivity contribution in [2.24, 2.45) is 0 Å². The molecule has 0 N–H and O–H groups in total. The molecule has 0 amide bonds. The minimum atomic E-state index is 0.201. The lowest BCUT2D eigenvalue weighted by Gasteiger charge is -2.37. The molecule has 1 saturated heterocycles. The van der Waals surface area contributed by atoms with E-state index in [0.717, 1.165) is 18.8 Å². The molecule has 2 unspecified atom stereocenters. The lowest BCUT2D eigenvalue weighted by atomic mass is 10.2. The molecule has 88 valence electrons. The number of pyridine rings is 1. The van der Waals surface area contributed by atoms with Crippen LogP contribution in [0.1, 0.15) is 13.8 Å². The normalized spacial score (nSPS) is 25.9. The molecule has 16 heavy (non-hydrogen) atoms. The Balaban J connectivity index is 2.25. The summed E-state index contributed by atoms with van der Waals surface area (Å²) in [5, 5.41) is 1.09. The topological polar surface area (TPSA) is 25.4 Å². The molecule has 0 aliphatic carbocycles. The number of morpholine rings is 1. The molecule has 2 rings (SSSR count). The summed E-state index contributed by atoms with van der Waals surface area (Å²) in [6, 6.07) is 1.80. The lowest BCUT2D eigenvalue weighted by Crippen LogP contribution is -2.45. The number of ether oxygens (including phenoxy) is 1. The summed E-state index contributed by atoms with van der Waals surface area (Å²) in [6.07, 6.45) is 1.99. The van der Waals surface area contributed by atoms with Gasteiger partial charge in [-0.3, -0.25) is 0 Å². The minimum absolute atomic E-state index is 0.201. The summed E-state index contributed by atoms with van der Waals surface area (Å²) in [4.78, 5) is 6.14. The van der Waals surface area contributed by atoms with Crippen LogP contribution in [0.15, 0.2) is 12.3 Å². The van der Waals surface area contributed by atoms with Crippen LogP contribution in [0.5, 0.6) is 0 Å². The van der Waals surface area contributed by atoms with Gasteiger partial charge in [0.15, 0.2) is 0 Å². The van der Waals surface area contributed by atoms with Crippen molar-refractivity contribution >= 4 is 28.9 Å². The zero-order valence-corrected chi connectivity index (χ0v) is 10.8. The van der Waals surface area contributed by atoms with E-state index in [1.54, 1.807) is 12.3 Å². The van der Waals surface area contributed by atoms with Crippen molar-refractivity contribution in [3.63, 3.8) is 0 Å². The first kappa shape index (κ1) is 12.0. The van der Waals surface area contributed by atoms with Gasteiger partial charge in [0.2, 0.25) is 0 Å². The molecular weight excluding hydrogens is 247 g/mol. The van der Waals surface area contributed by atoms with Crippen LogP contribution in [0.2, 0.25) is 10.2 Å². The fourth-order valence-corrected chi connectivity index (χ4v) is 2.40. The van der Waals surface area contributed by atoms with Gasteiger partial charge in [0, 0.05) is 25.4 Å². The number of hydrogen-bond donors (Lipinski definition) is 0. The molecule has 1 aromatic heterocycles. The van der Waals surface area contributed by atoms with Gasteiger partial charge in [0.25, 0.3) is 0 Å². The number of rotatable bonds is 1. The predicted octanol–water partition coefficient (Wildman–Crippen LogP) is 3.00. The van der Waals surface area contributed by atoms with Crippen LogP contribution >= 0.6 is 23.2 Å². The van der Waals surface area contributed by atoms with Crippen LogP contribution in [0, 0.1) is 0 Å². The first-order valence-corrected chi connectivity index (χ1v) is 6.03. The fourth-order valence-electron chi connectivity index (χ4n) is 2.02. The molecule has 1 aliphatic rings. The quantitative estimate of drug-likeness (QED) is 0.726. The molecule has 1 aliphatic heterocycles. The van der Waals surface area contributed by atoms with E-state index in [9.17, 15) is 0 Å². The monoisotopic (exact) mass is 260 g/mol. The number of hydrogen-bond acceptors (Lipinski definition) is 3. The van der Waals surface area contributed by atoms with E-state index in [4.69, 9.17) is 27.9 Å². The highest BCUT2D eigenvalue weighted by molar-refractivity contribution is 6.34. The van der Waals surface area contributed by atoms with E-state index in [1.165, 1.54) is 0 Å². The standard InChI is InChI=1S/C11H14Cl2N2O/c1-7-5-15(6-8(2)16-7)10-3-11(13)14-4-9(10)12/h3-4,7-8H,5-6H2,1-2H3. The summed E-state index contributed by atoms with van der Waals surface area (Å²) in [5.41, 5.74) is 0.934. The molecule has 5 heteroatoms. The minimum Gasteiger partial charge on any atom is -0.372 e. The maximum atomic E-state index is 6.12. The van der Waals surface area contributed by atoms with Crippen LogP contribution in [0.25, 0.3) is 0 Å². The highest BCUT2D eigenvalue weighted by Gasteiger charge is 2.23. The van der Waals surface area contributed by atoms with Gasteiger partial charge in [0.05, 0.1) is 22.9 Å². The van der Waals surface area contributed by atoms with Crippen LogP contribution < -0.4 is 4.90 Å². The second-order valence-corrected chi connectivity index (χ2v) is 4.92. The van der Waals surface area contributed by atoms with Crippen molar-refractivity contribution in [3.8, 4) is 0 Å². The van der Waals surface area contributed by atoms with Crippen molar-refractivity contribution in [3.05, 3.63) is 22.4 Å². The largest absolute Gasteiger partial charge is 0.372 e. The fraction of sp³-hybridized carbons (Fsp3) is 0.545. The van der Waals surface area contributed by atoms with Gasteiger partial charge in [-0.25, -0.2) is 4.98 Å². The number of aromatic nitrogens is 1. The molecule has 0 spiro atoms. The van der Waals surface area contributed by atoms with E-state index >= 15 is 0 Å². The third kappa shape index (κ3) is 2.59. The van der Waals surface area contributed by atoms with E-state index < -0.39 is 0 Å². The Labute approximate surface area is 105 Å². The van der Waals surface area contributed by atoms with Crippen LogP contribution in [-0.4, -0.2) is 30.3 Å². The Morgan fingerprint density at radius 2 is 1.94 bits per heavy atom. The molecule has 2 heterocycles. The zero-order chi connectivity index (χ0) is 11.7. The van der Waals surface area contributed by atoms with Crippen molar-refractivity contribution in [1.29, 1.82) is 0 Å². The Bertz CT molecular complexity index is 376. The molecule has 1 fully saturated rings. The summed E-state index contributed by atoms with van der Waals surface area (Å²) in [5.74, 6) is 0. The molecule has 0 saturated carbocycles. The molecule has 1 aromatic rings. The Kier molecular flexibility index (Phi) is 3.57. The number of nitrogens with zero attached hydrogens (tertiary/aromatic N) is 2. The summed E-state index contributed by atoms with van der Waals surface area (Å²) >= 11 is 12.0. The van der Waals surface area contributed by atoms with Gasteiger partial charge < -0.3 is 9.64 Å². The van der Waals surface area contributed by atoms with E-state index in [0.29, 0.717) is 10.2 Å². The maximum Gasteiger partial charge on any atom is 0.131 e. The third-order valence-electron chi connectivity index (χ3n) is 2.56. The molecule has 2 atom stereocenters. The first-order chi connectivity index (χ1) is 7.56. The molecule has 0 bridgehead atoms. The van der Waals surface area contributed by atoms with Crippen LogP contribution in [-0.2, 0) is 4.74 Å². The highest BCUT2D eigenvalue weighted by Crippen LogP contribution is 2.29. The Morgan fingerprint density at radius 3 is 2.56 bits per heavy atom. The summed E-state index contributed by atoms with van der Waals surface area (Å²) < 4.78 is 5.67. The van der Waals surface area contributed by atoms with Crippen molar-refractivity contribution in [1.82, 2.24) is 4.98 Å². The molecule has 3 nitrogen and oxygen atoms in total. The summed E-state index contributed by atoms with van der Waals surface area (Å²) in [6.45, 7) is 5.76. The predicted molar refractivity (Wildman–Crippen MR) is 66.5 cm³/mol. The maximum absolute atomic E-state index is 6.12. The van der Waals surface area contributed by atoms with Crippen LogP contribution in [0.4, 0.5) is 5.69 Å². The van der Waals surface area contributed by atoms with Crippen molar-refractivity contribution < 1.29 is 4.74 Å². The molecule has 0 aromatic carbocycles. The lowest BCUT2D eigenvalue weighted by molar-refractivity contribution is -0.00521. The highest BCUT2D eigenvalue weighted by atomic mass is 35.5. The smallest absolute Gasteiger partial charge is 0.131 e. The number of anilines is 1. The van der Waals surface area contributed by atoms with Gasteiger partial charge in [0.1, 0.15) is 5.15 Å². The van der Waals surface area contributed by atoms with E-state index in [-0.39, 0.29) is 12.2 Å². The first-order valence-electron chi connectivity index (χ1n) is 5.27. The second kappa shape index (κ2) is 4.78. The SMILES string of the molecule is CC1CN(c2cc(Cl)ncc2Cl)CC(C)O1. The molecule has 0 radical (unpaired) electrons. The van der Waals surface area contributed by atoms with Gasteiger partial charge >= 0.3 is 0 Å². The Morgan fingerprint density at radius 1 is 1.31 bits per heavy atom. The number of halogens is 2. The second-order valence-electron chi connectivity index (χ2n) is 4.12. The van der Waals surface area contributed by atoms with Crippen LogP contribution in [0.3, 0.4) is 0 Å². The van der Waals surface area contributed by atoms with Crippen molar-refractivity contribution in [2.75, 3.05) is 18.0 Å². The average Bonchev–Trinajstić information content (AvgIpc) is 2.20. The zero-order valence-electron chi connectivity index (χ0n) is 9.28. The third-order valence-corrected chi connectivity index (χ3v) is 3.06. The Hall–Kier alpha value is -0.510.